The standard InChI is InChI=1S/C21H22F3N3O2S/c1-4-5-8-14-11-25-18-16(19(28)27(3)20(29)26(18)2)17(14)30-12-13-7-6-9-15(10-13)21(22,23)24/h6-7,9-11H,4-5,8,12H2,1-3H3. The highest BCUT2D eigenvalue weighted by molar-refractivity contribution is 7.98. The average Bonchev–Trinajstić information content (AvgIpc) is 2.72. The molecule has 30 heavy (non-hydrogen) atoms. The minimum atomic E-state index is -4.41. The summed E-state index contributed by atoms with van der Waals surface area (Å²) >= 11 is 1.30. The number of hydrogen-bond acceptors (Lipinski definition) is 4. The monoisotopic (exact) mass is 437 g/mol. The molecule has 1 aromatic carbocycles. The fourth-order valence-electron chi connectivity index (χ4n) is 3.24. The predicted octanol–water partition coefficient (Wildman–Crippen LogP) is 4.29. The van der Waals surface area contributed by atoms with E-state index >= 15 is 0 Å². The van der Waals surface area contributed by atoms with Crippen LogP contribution in [0.1, 0.15) is 36.5 Å². The van der Waals surface area contributed by atoms with Crippen LogP contribution in [-0.4, -0.2) is 14.1 Å². The number of aryl methyl sites for hydroxylation is 2. The van der Waals surface area contributed by atoms with Crippen LogP contribution in [-0.2, 0) is 32.4 Å². The highest BCUT2D eigenvalue weighted by Gasteiger charge is 2.30. The van der Waals surface area contributed by atoms with Crippen molar-refractivity contribution in [3.8, 4) is 0 Å². The molecule has 0 fully saturated rings. The number of benzene rings is 1. The molecule has 3 rings (SSSR count). The quantitative estimate of drug-likeness (QED) is 0.540. The maximum atomic E-state index is 13.0. The van der Waals surface area contributed by atoms with Crippen molar-refractivity contribution >= 4 is 22.8 Å². The van der Waals surface area contributed by atoms with Gasteiger partial charge in [0.1, 0.15) is 5.65 Å². The summed E-state index contributed by atoms with van der Waals surface area (Å²) in [5.41, 5.74) is 0.000157. The zero-order valence-electron chi connectivity index (χ0n) is 16.9. The molecule has 0 saturated carbocycles. The first-order chi connectivity index (χ1) is 14.1. The summed E-state index contributed by atoms with van der Waals surface area (Å²) < 4.78 is 41.4. The maximum absolute atomic E-state index is 13.0. The molecule has 9 heteroatoms. The van der Waals surface area contributed by atoms with Crippen LogP contribution in [0.25, 0.3) is 11.0 Å². The molecule has 0 saturated heterocycles. The fraction of sp³-hybridized carbons (Fsp3) is 0.381. The number of halogens is 3. The molecule has 5 nitrogen and oxygen atoms in total. The Morgan fingerprint density at radius 2 is 1.87 bits per heavy atom. The number of fused-ring (bicyclic) bond motifs is 1. The van der Waals surface area contributed by atoms with Gasteiger partial charge in [0.25, 0.3) is 5.56 Å². The molecule has 0 radical (unpaired) electrons. The maximum Gasteiger partial charge on any atom is 0.416 e. The average molecular weight is 437 g/mol. The molecule has 2 aromatic heterocycles. The topological polar surface area (TPSA) is 56.9 Å². The third-order valence-corrected chi connectivity index (χ3v) is 6.16. The van der Waals surface area contributed by atoms with Gasteiger partial charge >= 0.3 is 11.9 Å². The minimum Gasteiger partial charge on any atom is -0.280 e. The van der Waals surface area contributed by atoms with Gasteiger partial charge in [0.05, 0.1) is 10.9 Å². The Morgan fingerprint density at radius 1 is 1.13 bits per heavy atom. The Hall–Kier alpha value is -2.55. The van der Waals surface area contributed by atoms with Crippen molar-refractivity contribution in [1.82, 2.24) is 14.1 Å². The normalized spacial score (nSPS) is 11.9. The molecule has 0 aliphatic carbocycles. The predicted molar refractivity (Wildman–Crippen MR) is 112 cm³/mol. The second-order valence-corrected chi connectivity index (χ2v) is 8.09. The molecule has 0 N–H and O–H groups in total. The van der Waals surface area contributed by atoms with Gasteiger partial charge in [0.15, 0.2) is 0 Å². The summed E-state index contributed by atoms with van der Waals surface area (Å²) in [6.07, 6.45) is -0.232. The van der Waals surface area contributed by atoms with E-state index < -0.39 is 23.0 Å². The van der Waals surface area contributed by atoms with Gasteiger partial charge < -0.3 is 0 Å². The summed E-state index contributed by atoms with van der Waals surface area (Å²) in [5.74, 6) is 0.258. The lowest BCUT2D eigenvalue weighted by Crippen LogP contribution is -2.37. The zero-order chi connectivity index (χ0) is 22.1. The molecular weight excluding hydrogens is 415 g/mol. The van der Waals surface area contributed by atoms with Gasteiger partial charge in [-0.25, -0.2) is 9.78 Å². The lowest BCUT2D eigenvalue weighted by Gasteiger charge is -2.15. The Labute approximate surface area is 175 Å². The van der Waals surface area contributed by atoms with E-state index in [1.54, 1.807) is 19.3 Å². The van der Waals surface area contributed by atoms with Gasteiger partial charge in [-0.15, -0.1) is 11.8 Å². The molecule has 160 valence electrons. The first kappa shape index (κ1) is 22.1. The first-order valence-electron chi connectivity index (χ1n) is 9.51. The Bertz CT molecular complexity index is 1200. The van der Waals surface area contributed by atoms with Crippen LogP contribution < -0.4 is 11.2 Å². The minimum absolute atomic E-state index is 0.258. The molecular formula is C21H22F3N3O2S. The molecule has 0 spiro atoms. The number of unbranched alkanes of at least 4 members (excludes halogenated alkanes) is 1. The van der Waals surface area contributed by atoms with E-state index in [0.29, 0.717) is 22.3 Å². The van der Waals surface area contributed by atoms with Crippen molar-refractivity contribution in [3.05, 3.63) is 68.0 Å². The van der Waals surface area contributed by atoms with Crippen molar-refractivity contribution in [2.45, 2.75) is 43.0 Å². The number of pyridine rings is 1. The summed E-state index contributed by atoms with van der Waals surface area (Å²) in [7, 11) is 2.95. The van der Waals surface area contributed by atoms with Gasteiger partial charge in [-0.2, -0.15) is 13.2 Å². The molecule has 0 aliphatic rings. The Kier molecular flexibility index (Phi) is 6.40. The van der Waals surface area contributed by atoms with Gasteiger partial charge in [-0.05, 0) is 30.0 Å². The van der Waals surface area contributed by atoms with Gasteiger partial charge in [0, 0.05) is 30.9 Å². The molecule has 0 bridgehead atoms. The summed E-state index contributed by atoms with van der Waals surface area (Å²) in [6, 6.07) is 5.17. The van der Waals surface area contributed by atoms with Crippen molar-refractivity contribution in [1.29, 1.82) is 0 Å². The zero-order valence-corrected chi connectivity index (χ0v) is 17.7. The van der Waals surface area contributed by atoms with E-state index in [-0.39, 0.29) is 11.4 Å². The van der Waals surface area contributed by atoms with Crippen molar-refractivity contribution in [2.75, 3.05) is 0 Å². The van der Waals surface area contributed by atoms with Crippen LogP contribution in [0, 0.1) is 0 Å². The SMILES string of the molecule is CCCCc1cnc2c(c1SCc1cccc(C(F)(F)F)c1)c(=O)n(C)c(=O)n2C. The second-order valence-electron chi connectivity index (χ2n) is 7.11. The number of rotatable bonds is 6. The Balaban J connectivity index is 2.11. The van der Waals surface area contributed by atoms with Crippen LogP contribution in [0.15, 0.2) is 44.9 Å². The molecule has 0 unspecified atom stereocenters. The van der Waals surface area contributed by atoms with Crippen LogP contribution in [0.4, 0.5) is 13.2 Å². The number of thioether (sulfide) groups is 1. The molecule has 0 aliphatic heterocycles. The van der Waals surface area contributed by atoms with Crippen molar-refractivity contribution < 1.29 is 13.2 Å². The summed E-state index contributed by atoms with van der Waals surface area (Å²) in [5, 5.41) is 0.324. The van der Waals surface area contributed by atoms with Crippen molar-refractivity contribution in [3.63, 3.8) is 0 Å². The third kappa shape index (κ3) is 4.30. The van der Waals surface area contributed by atoms with Crippen LogP contribution in [0.5, 0.6) is 0 Å². The summed E-state index contributed by atoms with van der Waals surface area (Å²) in [6.45, 7) is 2.05. The first-order valence-corrected chi connectivity index (χ1v) is 10.5. The lowest BCUT2D eigenvalue weighted by molar-refractivity contribution is -0.137. The largest absolute Gasteiger partial charge is 0.416 e. The van der Waals surface area contributed by atoms with E-state index in [2.05, 4.69) is 4.98 Å². The highest BCUT2D eigenvalue weighted by Crippen LogP contribution is 2.34. The second kappa shape index (κ2) is 8.67. The lowest BCUT2D eigenvalue weighted by atomic mass is 10.1. The van der Waals surface area contributed by atoms with Gasteiger partial charge in [-0.1, -0.05) is 31.5 Å². The van der Waals surface area contributed by atoms with E-state index in [1.165, 1.54) is 29.4 Å². The number of alkyl halides is 3. The third-order valence-electron chi connectivity index (χ3n) is 4.93. The van der Waals surface area contributed by atoms with Gasteiger partial charge in [0.2, 0.25) is 0 Å². The molecule has 3 aromatic rings. The smallest absolute Gasteiger partial charge is 0.280 e. The highest BCUT2D eigenvalue weighted by atomic mass is 32.2. The summed E-state index contributed by atoms with van der Waals surface area (Å²) in [4.78, 5) is 30.2. The Morgan fingerprint density at radius 3 is 2.53 bits per heavy atom. The van der Waals surface area contributed by atoms with E-state index in [0.717, 1.165) is 35.1 Å². The van der Waals surface area contributed by atoms with Crippen LogP contribution >= 0.6 is 11.8 Å². The molecule has 2 heterocycles. The number of nitrogens with zero attached hydrogens (tertiary/aromatic N) is 3. The number of aromatic nitrogens is 3. The molecule has 0 amide bonds. The molecule has 0 atom stereocenters. The van der Waals surface area contributed by atoms with E-state index in [9.17, 15) is 22.8 Å². The van der Waals surface area contributed by atoms with Crippen LogP contribution in [0.3, 0.4) is 0 Å². The van der Waals surface area contributed by atoms with Gasteiger partial charge in [-0.3, -0.25) is 13.9 Å². The van der Waals surface area contributed by atoms with E-state index in [4.69, 9.17) is 0 Å². The fourth-order valence-corrected chi connectivity index (χ4v) is 4.40. The number of hydrogen-bond donors (Lipinski definition) is 0. The van der Waals surface area contributed by atoms with E-state index in [1.807, 2.05) is 6.92 Å². The van der Waals surface area contributed by atoms with Crippen LogP contribution in [0.2, 0.25) is 0 Å². The van der Waals surface area contributed by atoms with Crippen molar-refractivity contribution in [2.24, 2.45) is 14.1 Å².